The molecule has 0 bridgehead atoms. The van der Waals surface area contributed by atoms with Crippen LogP contribution in [0.5, 0.6) is 0 Å². The molecule has 3 atom stereocenters. The Morgan fingerprint density at radius 2 is 1.95 bits per heavy atom. The summed E-state index contributed by atoms with van der Waals surface area (Å²) in [7, 11) is 0. The maximum absolute atomic E-state index is 4.08. The zero-order valence-corrected chi connectivity index (χ0v) is 12.4. The van der Waals surface area contributed by atoms with Crippen molar-refractivity contribution >= 4 is 0 Å². The number of rotatable bonds is 5. The van der Waals surface area contributed by atoms with Crippen LogP contribution in [0.25, 0.3) is 0 Å². The molecular weight excluding hydrogens is 246 g/mol. The summed E-state index contributed by atoms with van der Waals surface area (Å²) in [5.74, 6) is 0.851. The first-order valence-corrected chi connectivity index (χ1v) is 8.29. The number of nitrogens with zero attached hydrogens (tertiary/aromatic N) is 1. The van der Waals surface area contributed by atoms with Crippen molar-refractivity contribution in [3.05, 3.63) is 30.1 Å². The molecule has 20 heavy (non-hydrogen) atoms. The molecule has 3 rings (SSSR count). The van der Waals surface area contributed by atoms with Crippen molar-refractivity contribution in [2.24, 2.45) is 5.92 Å². The Labute approximate surface area is 122 Å². The van der Waals surface area contributed by atoms with E-state index in [-0.39, 0.29) is 0 Å². The van der Waals surface area contributed by atoms with Gasteiger partial charge in [-0.25, -0.2) is 0 Å². The smallest absolute Gasteiger partial charge is 0.0270 e. The Kier molecular flexibility index (Phi) is 5.04. The fourth-order valence-electron chi connectivity index (χ4n) is 3.92. The van der Waals surface area contributed by atoms with E-state index >= 15 is 0 Å². The van der Waals surface area contributed by atoms with Crippen LogP contribution in [0, 0.1) is 5.92 Å². The van der Waals surface area contributed by atoms with Crippen molar-refractivity contribution in [2.45, 2.75) is 57.0 Å². The van der Waals surface area contributed by atoms with Crippen LogP contribution in [-0.4, -0.2) is 30.2 Å². The van der Waals surface area contributed by atoms with Crippen LogP contribution in [0.4, 0.5) is 0 Å². The first-order chi connectivity index (χ1) is 9.93. The largest absolute Gasteiger partial charge is 0.314 e. The van der Waals surface area contributed by atoms with E-state index < -0.39 is 0 Å². The van der Waals surface area contributed by atoms with Crippen molar-refractivity contribution in [2.75, 3.05) is 13.1 Å². The Hall–Kier alpha value is -0.930. The standard InChI is InChI=1S/C17H27N3/c1-2-5-16(15(4-1)17-6-3-10-19-17)20-13-9-14-7-11-18-12-8-14/h7-8,11-12,15-17,19-20H,1-6,9-10,13H2. The Morgan fingerprint density at radius 1 is 1.10 bits per heavy atom. The van der Waals surface area contributed by atoms with Gasteiger partial charge in [0.15, 0.2) is 0 Å². The molecule has 1 aliphatic heterocycles. The molecular formula is C17H27N3. The molecule has 2 heterocycles. The molecule has 3 unspecified atom stereocenters. The van der Waals surface area contributed by atoms with E-state index in [1.54, 1.807) is 0 Å². The van der Waals surface area contributed by atoms with Crippen LogP contribution >= 0.6 is 0 Å². The van der Waals surface area contributed by atoms with Crippen LogP contribution in [-0.2, 0) is 6.42 Å². The third-order valence-corrected chi connectivity index (χ3v) is 5.00. The van der Waals surface area contributed by atoms with E-state index in [0.717, 1.165) is 31.0 Å². The van der Waals surface area contributed by atoms with Gasteiger partial charge in [0.1, 0.15) is 0 Å². The van der Waals surface area contributed by atoms with Crippen LogP contribution < -0.4 is 10.6 Å². The lowest BCUT2D eigenvalue weighted by Crippen LogP contribution is -2.47. The van der Waals surface area contributed by atoms with E-state index in [4.69, 9.17) is 0 Å². The quantitative estimate of drug-likeness (QED) is 0.865. The summed E-state index contributed by atoms with van der Waals surface area (Å²) in [6.07, 6.45) is 13.2. The molecule has 1 saturated heterocycles. The van der Waals surface area contributed by atoms with Gasteiger partial charge >= 0.3 is 0 Å². The van der Waals surface area contributed by atoms with Crippen molar-refractivity contribution in [1.82, 2.24) is 15.6 Å². The van der Waals surface area contributed by atoms with Gasteiger partial charge < -0.3 is 10.6 Å². The minimum atomic E-state index is 0.723. The Morgan fingerprint density at radius 3 is 2.75 bits per heavy atom. The minimum Gasteiger partial charge on any atom is -0.314 e. The summed E-state index contributed by atoms with van der Waals surface area (Å²) in [6.45, 7) is 2.32. The number of pyridine rings is 1. The molecule has 0 radical (unpaired) electrons. The number of hydrogen-bond donors (Lipinski definition) is 2. The highest BCUT2D eigenvalue weighted by Crippen LogP contribution is 2.30. The van der Waals surface area contributed by atoms with Crippen LogP contribution in [0.2, 0.25) is 0 Å². The third kappa shape index (κ3) is 3.58. The maximum atomic E-state index is 4.08. The van der Waals surface area contributed by atoms with E-state index in [2.05, 4.69) is 27.8 Å². The average Bonchev–Trinajstić information content (AvgIpc) is 3.03. The van der Waals surface area contributed by atoms with Crippen LogP contribution in [0.3, 0.4) is 0 Å². The second kappa shape index (κ2) is 7.19. The zero-order valence-electron chi connectivity index (χ0n) is 12.4. The number of hydrogen-bond acceptors (Lipinski definition) is 3. The molecule has 0 amide bonds. The van der Waals surface area contributed by atoms with E-state index in [1.807, 2.05) is 12.4 Å². The first-order valence-electron chi connectivity index (χ1n) is 8.29. The zero-order chi connectivity index (χ0) is 13.6. The minimum absolute atomic E-state index is 0.723. The van der Waals surface area contributed by atoms with Gasteiger partial charge in [-0.15, -0.1) is 0 Å². The Balaban J connectivity index is 1.49. The second-order valence-corrected chi connectivity index (χ2v) is 6.32. The second-order valence-electron chi connectivity index (χ2n) is 6.32. The lowest BCUT2D eigenvalue weighted by atomic mass is 9.79. The molecule has 0 spiro atoms. The fraction of sp³-hybridized carbons (Fsp3) is 0.706. The highest BCUT2D eigenvalue weighted by atomic mass is 15.0. The van der Waals surface area contributed by atoms with Crippen molar-refractivity contribution in [3.8, 4) is 0 Å². The highest BCUT2D eigenvalue weighted by molar-refractivity contribution is 5.10. The van der Waals surface area contributed by atoms with E-state index in [1.165, 1.54) is 50.6 Å². The van der Waals surface area contributed by atoms with E-state index in [9.17, 15) is 0 Å². The van der Waals surface area contributed by atoms with Gasteiger partial charge in [-0.2, -0.15) is 0 Å². The summed E-state index contributed by atoms with van der Waals surface area (Å²) in [5.41, 5.74) is 1.39. The summed E-state index contributed by atoms with van der Waals surface area (Å²) in [6, 6.07) is 5.74. The average molecular weight is 273 g/mol. The molecule has 1 aromatic heterocycles. The summed E-state index contributed by atoms with van der Waals surface area (Å²) in [4.78, 5) is 4.08. The highest BCUT2D eigenvalue weighted by Gasteiger charge is 2.32. The maximum Gasteiger partial charge on any atom is 0.0270 e. The van der Waals surface area contributed by atoms with Crippen LogP contribution in [0.15, 0.2) is 24.5 Å². The van der Waals surface area contributed by atoms with Gasteiger partial charge in [0.05, 0.1) is 0 Å². The lowest BCUT2D eigenvalue weighted by Gasteiger charge is -2.36. The molecule has 2 fully saturated rings. The third-order valence-electron chi connectivity index (χ3n) is 5.00. The topological polar surface area (TPSA) is 37.0 Å². The molecule has 3 nitrogen and oxygen atoms in total. The van der Waals surface area contributed by atoms with Gasteiger partial charge in [-0.05, 0) is 68.8 Å². The lowest BCUT2D eigenvalue weighted by molar-refractivity contribution is 0.216. The predicted molar refractivity (Wildman–Crippen MR) is 82.7 cm³/mol. The normalized spacial score (nSPS) is 30.5. The summed E-state index contributed by atoms with van der Waals surface area (Å²) < 4.78 is 0. The van der Waals surface area contributed by atoms with Crippen LogP contribution in [0.1, 0.15) is 44.1 Å². The molecule has 1 aliphatic carbocycles. The van der Waals surface area contributed by atoms with Crippen molar-refractivity contribution < 1.29 is 0 Å². The molecule has 1 saturated carbocycles. The molecule has 110 valence electrons. The molecule has 2 aliphatic rings. The first kappa shape index (κ1) is 14.0. The molecule has 0 aromatic carbocycles. The number of nitrogens with one attached hydrogen (secondary N) is 2. The number of aromatic nitrogens is 1. The molecule has 3 heteroatoms. The van der Waals surface area contributed by atoms with E-state index in [0.29, 0.717) is 0 Å². The van der Waals surface area contributed by atoms with Gasteiger partial charge in [-0.3, -0.25) is 4.98 Å². The monoisotopic (exact) mass is 273 g/mol. The van der Waals surface area contributed by atoms with Gasteiger partial charge in [-0.1, -0.05) is 12.8 Å². The van der Waals surface area contributed by atoms with Crippen molar-refractivity contribution in [1.29, 1.82) is 0 Å². The SMILES string of the molecule is c1cc(CCNC2CCCCC2C2CCCN2)ccn1. The molecule has 1 aromatic rings. The van der Waals surface area contributed by atoms with Gasteiger partial charge in [0.2, 0.25) is 0 Å². The molecule has 2 N–H and O–H groups in total. The predicted octanol–water partition coefficient (Wildman–Crippen LogP) is 2.52. The summed E-state index contributed by atoms with van der Waals surface area (Å²) >= 11 is 0. The van der Waals surface area contributed by atoms with Gasteiger partial charge in [0, 0.05) is 24.5 Å². The summed E-state index contributed by atoms with van der Waals surface area (Å²) in [5, 5.41) is 7.55. The fourth-order valence-corrected chi connectivity index (χ4v) is 3.92. The van der Waals surface area contributed by atoms with Crippen molar-refractivity contribution in [3.63, 3.8) is 0 Å². The van der Waals surface area contributed by atoms with Gasteiger partial charge in [0.25, 0.3) is 0 Å². The Bertz CT molecular complexity index is 386.